The van der Waals surface area contributed by atoms with Gasteiger partial charge in [-0.25, -0.2) is 0 Å². The average molecular weight is 375 g/mol. The van der Waals surface area contributed by atoms with Gasteiger partial charge in [-0.2, -0.15) is 0 Å². The fraction of sp³-hybridized carbons (Fsp3) is 0.300. The van der Waals surface area contributed by atoms with Gasteiger partial charge >= 0.3 is 11.8 Å². The lowest BCUT2D eigenvalue weighted by Crippen LogP contribution is -2.37. The van der Waals surface area contributed by atoms with Gasteiger partial charge in [0.1, 0.15) is 5.75 Å². The Morgan fingerprint density at radius 2 is 1.85 bits per heavy atom. The first-order chi connectivity index (χ1) is 12.3. The second-order valence-electron chi connectivity index (χ2n) is 6.08. The lowest BCUT2D eigenvalue weighted by Gasteiger charge is -2.18. The maximum absolute atomic E-state index is 12.3. The van der Waals surface area contributed by atoms with Crippen molar-refractivity contribution in [3.05, 3.63) is 58.1 Å². The number of amides is 2. The molecule has 0 heterocycles. The summed E-state index contributed by atoms with van der Waals surface area (Å²) in [5.74, 6) is -0.747. The molecule has 138 valence electrons. The minimum atomic E-state index is -0.729. The van der Waals surface area contributed by atoms with Crippen LogP contribution in [0, 0.1) is 13.8 Å². The smallest absolute Gasteiger partial charge is 0.313 e. The summed E-state index contributed by atoms with van der Waals surface area (Å²) in [6.45, 7) is 8.00. The second kappa shape index (κ2) is 8.72. The van der Waals surface area contributed by atoms with E-state index in [4.69, 9.17) is 16.3 Å². The van der Waals surface area contributed by atoms with Crippen LogP contribution in [0.4, 0.5) is 5.69 Å². The third-order valence-electron chi connectivity index (χ3n) is 3.92. The molecule has 2 aromatic carbocycles. The predicted molar refractivity (Wildman–Crippen MR) is 104 cm³/mol. The van der Waals surface area contributed by atoms with Crippen molar-refractivity contribution in [1.82, 2.24) is 5.32 Å². The first kappa shape index (κ1) is 19.8. The number of carbonyl (C=O) groups excluding carboxylic acids is 2. The number of hydrogen-bond donors (Lipinski definition) is 2. The van der Waals surface area contributed by atoms with Crippen molar-refractivity contribution in [2.75, 3.05) is 11.9 Å². The number of nitrogens with one attached hydrogen (secondary N) is 2. The summed E-state index contributed by atoms with van der Waals surface area (Å²) in [6, 6.07) is 10.4. The summed E-state index contributed by atoms with van der Waals surface area (Å²) in [5.41, 5.74) is 3.21. The summed E-state index contributed by atoms with van der Waals surface area (Å²) in [6.07, 6.45) is 0. The van der Waals surface area contributed by atoms with Crippen molar-refractivity contribution >= 4 is 29.1 Å². The summed E-state index contributed by atoms with van der Waals surface area (Å²) >= 11 is 5.90. The second-order valence-corrected chi connectivity index (χ2v) is 6.52. The maximum Gasteiger partial charge on any atom is 0.313 e. The summed E-state index contributed by atoms with van der Waals surface area (Å²) in [4.78, 5) is 24.5. The van der Waals surface area contributed by atoms with Crippen LogP contribution in [0.2, 0.25) is 5.02 Å². The molecule has 0 aromatic heterocycles. The quantitative estimate of drug-likeness (QED) is 0.772. The van der Waals surface area contributed by atoms with Gasteiger partial charge in [-0.1, -0.05) is 29.3 Å². The number of halogens is 1. The number of hydrogen-bond acceptors (Lipinski definition) is 3. The molecular formula is C20H23ClN2O3. The predicted octanol–water partition coefficient (Wildman–Crippen LogP) is 4.17. The summed E-state index contributed by atoms with van der Waals surface area (Å²) in [7, 11) is 0. The van der Waals surface area contributed by atoms with Crippen LogP contribution in [-0.2, 0) is 9.59 Å². The molecule has 2 N–H and O–H groups in total. The van der Waals surface area contributed by atoms with E-state index in [9.17, 15) is 9.59 Å². The van der Waals surface area contributed by atoms with Gasteiger partial charge in [0.05, 0.1) is 12.6 Å². The van der Waals surface area contributed by atoms with E-state index in [0.717, 1.165) is 16.7 Å². The zero-order chi connectivity index (χ0) is 19.3. The van der Waals surface area contributed by atoms with Crippen molar-refractivity contribution in [2.45, 2.75) is 33.7 Å². The van der Waals surface area contributed by atoms with E-state index in [1.165, 1.54) is 0 Å². The SMILES string of the molecule is CCOc1ccc(C)cc1C(C)NC(=O)C(=O)Nc1ccc(Cl)cc1C. The zero-order valence-electron chi connectivity index (χ0n) is 15.4. The minimum absolute atomic E-state index is 0.374. The highest BCUT2D eigenvalue weighted by Gasteiger charge is 2.20. The topological polar surface area (TPSA) is 67.4 Å². The van der Waals surface area contributed by atoms with E-state index in [1.54, 1.807) is 18.2 Å². The Bertz CT molecular complexity index is 821. The first-order valence-electron chi connectivity index (χ1n) is 8.43. The molecular weight excluding hydrogens is 352 g/mol. The fourth-order valence-electron chi connectivity index (χ4n) is 2.58. The molecule has 1 atom stereocenters. The molecule has 6 heteroatoms. The van der Waals surface area contributed by atoms with Crippen LogP contribution in [0.25, 0.3) is 0 Å². The number of rotatable bonds is 5. The minimum Gasteiger partial charge on any atom is -0.494 e. The maximum atomic E-state index is 12.3. The van der Waals surface area contributed by atoms with Gasteiger partial charge in [-0.05, 0) is 57.5 Å². The molecule has 0 aliphatic heterocycles. The molecule has 2 rings (SSSR count). The largest absolute Gasteiger partial charge is 0.494 e. The van der Waals surface area contributed by atoms with Gasteiger partial charge in [0.15, 0.2) is 0 Å². The van der Waals surface area contributed by atoms with E-state index in [-0.39, 0.29) is 6.04 Å². The van der Waals surface area contributed by atoms with Crippen LogP contribution in [0.1, 0.15) is 36.6 Å². The third kappa shape index (κ3) is 4.99. The Labute approximate surface area is 158 Å². The average Bonchev–Trinajstić information content (AvgIpc) is 2.58. The molecule has 1 unspecified atom stereocenters. The molecule has 0 aliphatic carbocycles. The standard InChI is InChI=1S/C20H23ClN2O3/c1-5-26-18-9-6-12(2)10-16(18)14(4)22-19(24)20(25)23-17-8-7-15(21)11-13(17)3/h6-11,14H,5H2,1-4H3,(H,22,24)(H,23,25). The lowest BCUT2D eigenvalue weighted by molar-refractivity contribution is -0.136. The first-order valence-corrected chi connectivity index (χ1v) is 8.81. The fourth-order valence-corrected chi connectivity index (χ4v) is 2.81. The van der Waals surface area contributed by atoms with Crippen LogP contribution >= 0.6 is 11.6 Å². The highest BCUT2D eigenvalue weighted by Crippen LogP contribution is 2.26. The van der Waals surface area contributed by atoms with Crippen LogP contribution in [0.3, 0.4) is 0 Å². The number of benzene rings is 2. The zero-order valence-corrected chi connectivity index (χ0v) is 16.1. The summed E-state index contributed by atoms with van der Waals surface area (Å²) in [5, 5.41) is 5.89. The number of anilines is 1. The molecule has 0 saturated carbocycles. The molecule has 0 spiro atoms. The molecule has 0 aliphatic rings. The Kier molecular flexibility index (Phi) is 6.64. The number of carbonyl (C=O) groups is 2. The summed E-state index contributed by atoms with van der Waals surface area (Å²) < 4.78 is 5.61. The van der Waals surface area contributed by atoms with E-state index in [1.807, 2.05) is 45.9 Å². The Morgan fingerprint density at radius 3 is 2.50 bits per heavy atom. The van der Waals surface area contributed by atoms with E-state index in [2.05, 4.69) is 10.6 Å². The van der Waals surface area contributed by atoms with Crippen LogP contribution < -0.4 is 15.4 Å². The molecule has 2 amide bonds. The van der Waals surface area contributed by atoms with Crippen LogP contribution in [0.15, 0.2) is 36.4 Å². The molecule has 0 saturated heterocycles. The molecule has 0 bridgehead atoms. The van der Waals surface area contributed by atoms with E-state index < -0.39 is 11.8 Å². The lowest BCUT2D eigenvalue weighted by atomic mass is 10.0. The van der Waals surface area contributed by atoms with Gasteiger partial charge < -0.3 is 15.4 Å². The normalized spacial score (nSPS) is 11.6. The highest BCUT2D eigenvalue weighted by molar-refractivity contribution is 6.39. The van der Waals surface area contributed by atoms with E-state index in [0.29, 0.717) is 23.1 Å². The van der Waals surface area contributed by atoms with E-state index >= 15 is 0 Å². The Hall–Kier alpha value is -2.53. The molecule has 26 heavy (non-hydrogen) atoms. The highest BCUT2D eigenvalue weighted by atomic mass is 35.5. The van der Waals surface area contributed by atoms with Crippen molar-refractivity contribution in [1.29, 1.82) is 0 Å². The Balaban J connectivity index is 2.09. The van der Waals surface area contributed by atoms with Gasteiger partial charge in [0.2, 0.25) is 0 Å². The third-order valence-corrected chi connectivity index (χ3v) is 4.16. The van der Waals surface area contributed by atoms with Crippen molar-refractivity contribution in [3.63, 3.8) is 0 Å². The molecule has 0 radical (unpaired) electrons. The van der Waals surface area contributed by atoms with Gasteiger partial charge in [-0.3, -0.25) is 9.59 Å². The van der Waals surface area contributed by atoms with Crippen LogP contribution in [0.5, 0.6) is 5.75 Å². The monoisotopic (exact) mass is 374 g/mol. The van der Waals surface area contributed by atoms with Crippen molar-refractivity contribution in [3.8, 4) is 5.75 Å². The number of ether oxygens (including phenoxy) is 1. The van der Waals surface area contributed by atoms with Gasteiger partial charge in [0.25, 0.3) is 0 Å². The van der Waals surface area contributed by atoms with Crippen molar-refractivity contribution < 1.29 is 14.3 Å². The molecule has 0 fully saturated rings. The molecule has 2 aromatic rings. The number of aryl methyl sites for hydroxylation is 2. The van der Waals surface area contributed by atoms with Gasteiger partial charge in [-0.15, -0.1) is 0 Å². The van der Waals surface area contributed by atoms with Gasteiger partial charge in [0, 0.05) is 16.3 Å². The van der Waals surface area contributed by atoms with Crippen molar-refractivity contribution in [2.24, 2.45) is 0 Å². The molecule has 5 nitrogen and oxygen atoms in total. The Morgan fingerprint density at radius 1 is 1.12 bits per heavy atom. The van der Waals surface area contributed by atoms with Crippen LogP contribution in [-0.4, -0.2) is 18.4 Å².